The highest BCUT2D eigenvalue weighted by Gasteiger charge is 2.14. The third-order valence-corrected chi connectivity index (χ3v) is 4.50. The molecule has 3 aromatic rings. The lowest BCUT2D eigenvalue weighted by atomic mass is 10.1. The summed E-state index contributed by atoms with van der Waals surface area (Å²) in [4.78, 5) is 15.7. The standard InChI is InChI=1S/C15H12ClNOS/c1-2-9-3-4-12-10(7-9)11(8-18)15(17-12)13-5-6-14(16)19-13/h3-8,17H,2H2,1H3. The molecule has 96 valence electrons. The molecule has 0 fully saturated rings. The molecule has 0 saturated carbocycles. The van der Waals surface area contributed by atoms with Crippen molar-refractivity contribution in [1.82, 2.24) is 4.98 Å². The second kappa shape index (κ2) is 4.83. The second-order valence-corrected chi connectivity index (χ2v) is 6.08. The van der Waals surface area contributed by atoms with Gasteiger partial charge in [-0.1, -0.05) is 24.6 Å². The zero-order chi connectivity index (χ0) is 13.4. The molecule has 0 radical (unpaired) electrons. The number of carbonyl (C=O) groups excluding carboxylic acids is 1. The Balaban J connectivity index is 2.28. The summed E-state index contributed by atoms with van der Waals surface area (Å²) in [6.07, 6.45) is 1.88. The van der Waals surface area contributed by atoms with Gasteiger partial charge in [-0.2, -0.15) is 0 Å². The summed E-state index contributed by atoms with van der Waals surface area (Å²) >= 11 is 7.44. The molecule has 19 heavy (non-hydrogen) atoms. The number of thiophene rings is 1. The monoisotopic (exact) mass is 289 g/mol. The predicted octanol–water partition coefficient (Wildman–Crippen LogP) is 4.92. The summed E-state index contributed by atoms with van der Waals surface area (Å²) in [5.74, 6) is 0. The highest BCUT2D eigenvalue weighted by atomic mass is 35.5. The smallest absolute Gasteiger partial charge is 0.152 e. The largest absolute Gasteiger partial charge is 0.353 e. The van der Waals surface area contributed by atoms with Crippen LogP contribution in [0.3, 0.4) is 0 Å². The van der Waals surface area contributed by atoms with Gasteiger partial charge in [0.25, 0.3) is 0 Å². The highest BCUT2D eigenvalue weighted by Crippen LogP contribution is 2.35. The van der Waals surface area contributed by atoms with Crippen LogP contribution in [0.4, 0.5) is 0 Å². The van der Waals surface area contributed by atoms with Crippen LogP contribution in [0.1, 0.15) is 22.8 Å². The number of rotatable bonds is 3. The summed E-state index contributed by atoms with van der Waals surface area (Å²) in [5, 5.41) is 0.980. The van der Waals surface area contributed by atoms with E-state index in [-0.39, 0.29) is 0 Å². The number of aromatic nitrogens is 1. The second-order valence-electron chi connectivity index (χ2n) is 4.37. The maximum atomic E-state index is 11.4. The molecule has 1 N–H and O–H groups in total. The maximum Gasteiger partial charge on any atom is 0.152 e. The Hall–Kier alpha value is -1.58. The number of nitrogens with one attached hydrogen (secondary N) is 1. The summed E-state index contributed by atoms with van der Waals surface area (Å²) < 4.78 is 0.722. The molecule has 0 aliphatic heterocycles. The lowest BCUT2D eigenvalue weighted by Gasteiger charge is -1.96. The summed E-state index contributed by atoms with van der Waals surface area (Å²) in [5.41, 5.74) is 3.78. The zero-order valence-corrected chi connectivity index (χ0v) is 11.9. The highest BCUT2D eigenvalue weighted by molar-refractivity contribution is 7.19. The number of aldehydes is 1. The minimum absolute atomic E-state index is 0.712. The number of hydrogen-bond acceptors (Lipinski definition) is 2. The van der Waals surface area contributed by atoms with Gasteiger partial charge in [0.05, 0.1) is 14.9 Å². The number of H-pyrrole nitrogens is 1. The van der Waals surface area contributed by atoms with E-state index >= 15 is 0 Å². The van der Waals surface area contributed by atoms with Crippen molar-refractivity contribution in [1.29, 1.82) is 0 Å². The van der Waals surface area contributed by atoms with E-state index in [1.165, 1.54) is 16.9 Å². The van der Waals surface area contributed by atoms with Crippen LogP contribution < -0.4 is 0 Å². The number of carbonyl (C=O) groups is 1. The molecule has 0 amide bonds. The van der Waals surface area contributed by atoms with Crippen LogP contribution in [-0.4, -0.2) is 11.3 Å². The van der Waals surface area contributed by atoms with Gasteiger partial charge in [-0.05, 0) is 36.2 Å². The fourth-order valence-electron chi connectivity index (χ4n) is 2.25. The lowest BCUT2D eigenvalue weighted by Crippen LogP contribution is -1.82. The first-order valence-electron chi connectivity index (χ1n) is 6.08. The topological polar surface area (TPSA) is 32.9 Å². The van der Waals surface area contributed by atoms with Gasteiger partial charge in [0.1, 0.15) is 0 Å². The SMILES string of the molecule is CCc1ccc2[nH]c(-c3ccc(Cl)s3)c(C=O)c2c1. The van der Waals surface area contributed by atoms with Gasteiger partial charge in [-0.25, -0.2) is 0 Å². The third kappa shape index (κ3) is 2.09. The average molecular weight is 290 g/mol. The van der Waals surface area contributed by atoms with Gasteiger partial charge in [0.2, 0.25) is 0 Å². The van der Waals surface area contributed by atoms with Crippen molar-refractivity contribution in [2.45, 2.75) is 13.3 Å². The molecule has 0 spiro atoms. The Morgan fingerprint density at radius 3 is 2.79 bits per heavy atom. The molecule has 0 saturated heterocycles. The van der Waals surface area contributed by atoms with Crippen LogP contribution in [0.5, 0.6) is 0 Å². The first-order valence-corrected chi connectivity index (χ1v) is 7.28. The number of aromatic amines is 1. The van der Waals surface area contributed by atoms with Gasteiger partial charge in [0, 0.05) is 16.5 Å². The Bertz CT molecular complexity index is 757. The van der Waals surface area contributed by atoms with Gasteiger partial charge < -0.3 is 4.98 Å². The van der Waals surface area contributed by atoms with Gasteiger partial charge in [-0.15, -0.1) is 11.3 Å². The maximum absolute atomic E-state index is 11.4. The molecule has 0 unspecified atom stereocenters. The minimum Gasteiger partial charge on any atom is -0.353 e. The first kappa shape index (κ1) is 12.5. The number of hydrogen-bond donors (Lipinski definition) is 1. The zero-order valence-electron chi connectivity index (χ0n) is 10.4. The van der Waals surface area contributed by atoms with Crippen molar-refractivity contribution in [2.75, 3.05) is 0 Å². The molecule has 4 heteroatoms. The van der Waals surface area contributed by atoms with Crippen LogP contribution in [0.2, 0.25) is 4.34 Å². The average Bonchev–Trinajstić information content (AvgIpc) is 3.00. The molecule has 2 aromatic heterocycles. The number of halogens is 1. The van der Waals surface area contributed by atoms with E-state index in [9.17, 15) is 4.79 Å². The van der Waals surface area contributed by atoms with E-state index in [1.807, 2.05) is 18.2 Å². The van der Waals surface area contributed by atoms with Crippen molar-refractivity contribution in [2.24, 2.45) is 0 Å². The minimum atomic E-state index is 0.712. The normalized spacial score (nSPS) is 11.1. The summed E-state index contributed by atoms with van der Waals surface area (Å²) in [6.45, 7) is 2.11. The van der Waals surface area contributed by atoms with E-state index in [0.29, 0.717) is 5.56 Å². The number of fused-ring (bicyclic) bond motifs is 1. The van der Waals surface area contributed by atoms with Crippen LogP contribution in [0, 0.1) is 0 Å². The van der Waals surface area contributed by atoms with Crippen molar-refractivity contribution >= 4 is 40.1 Å². The molecular formula is C15H12ClNOS. The van der Waals surface area contributed by atoms with Crippen LogP contribution in [0.25, 0.3) is 21.5 Å². The molecule has 2 heterocycles. The Morgan fingerprint density at radius 1 is 1.32 bits per heavy atom. The van der Waals surface area contributed by atoms with E-state index in [0.717, 1.165) is 38.5 Å². The Kier molecular flexibility index (Phi) is 3.17. The molecular weight excluding hydrogens is 278 g/mol. The van der Waals surface area contributed by atoms with Crippen LogP contribution in [0.15, 0.2) is 30.3 Å². The fraction of sp³-hybridized carbons (Fsp3) is 0.133. The molecule has 0 atom stereocenters. The Labute approximate surface area is 120 Å². The summed E-state index contributed by atoms with van der Waals surface area (Å²) in [6, 6.07) is 9.97. The van der Waals surface area contributed by atoms with Gasteiger partial charge >= 0.3 is 0 Å². The van der Waals surface area contributed by atoms with E-state index in [1.54, 1.807) is 0 Å². The summed E-state index contributed by atoms with van der Waals surface area (Å²) in [7, 11) is 0. The first-order chi connectivity index (χ1) is 9.22. The Morgan fingerprint density at radius 2 is 2.16 bits per heavy atom. The van der Waals surface area contributed by atoms with Crippen molar-refractivity contribution < 1.29 is 4.79 Å². The molecule has 0 bridgehead atoms. The van der Waals surface area contributed by atoms with E-state index in [2.05, 4.69) is 24.0 Å². The number of benzene rings is 1. The number of aryl methyl sites for hydroxylation is 1. The van der Waals surface area contributed by atoms with Gasteiger partial charge in [-0.3, -0.25) is 4.79 Å². The molecule has 0 aliphatic rings. The van der Waals surface area contributed by atoms with Crippen LogP contribution in [-0.2, 0) is 6.42 Å². The van der Waals surface area contributed by atoms with Crippen LogP contribution >= 0.6 is 22.9 Å². The fourth-order valence-corrected chi connectivity index (χ4v) is 3.30. The van der Waals surface area contributed by atoms with Gasteiger partial charge in [0.15, 0.2) is 6.29 Å². The molecule has 2 nitrogen and oxygen atoms in total. The van der Waals surface area contributed by atoms with Crippen molar-refractivity contribution in [3.05, 3.63) is 45.8 Å². The van der Waals surface area contributed by atoms with Crippen molar-refractivity contribution in [3.8, 4) is 10.6 Å². The third-order valence-electron chi connectivity index (χ3n) is 3.25. The van der Waals surface area contributed by atoms with Crippen molar-refractivity contribution in [3.63, 3.8) is 0 Å². The molecule has 0 aliphatic carbocycles. The molecule has 1 aromatic carbocycles. The van der Waals surface area contributed by atoms with E-state index < -0.39 is 0 Å². The lowest BCUT2D eigenvalue weighted by molar-refractivity contribution is 0.112. The quantitative estimate of drug-likeness (QED) is 0.682. The molecule has 3 rings (SSSR count). The predicted molar refractivity (Wildman–Crippen MR) is 81.4 cm³/mol. The van der Waals surface area contributed by atoms with E-state index in [4.69, 9.17) is 11.6 Å².